The van der Waals surface area contributed by atoms with Crippen LogP contribution in [0.4, 0.5) is 17.3 Å². The van der Waals surface area contributed by atoms with Gasteiger partial charge in [0, 0.05) is 10.2 Å². The van der Waals surface area contributed by atoms with E-state index in [1.165, 1.54) is 13.4 Å². The van der Waals surface area contributed by atoms with Gasteiger partial charge in [-0.25, -0.2) is 15.8 Å². The Morgan fingerprint density at radius 1 is 1.17 bits per heavy atom. The summed E-state index contributed by atoms with van der Waals surface area (Å²) in [6.07, 6.45) is 1.40. The number of benzene rings is 1. The maximum Gasteiger partial charge on any atom is 0.205 e. The van der Waals surface area contributed by atoms with Crippen molar-refractivity contribution in [1.29, 1.82) is 0 Å². The molecule has 0 aliphatic heterocycles. The second kappa shape index (κ2) is 5.65. The van der Waals surface area contributed by atoms with E-state index in [2.05, 4.69) is 36.6 Å². The highest BCUT2D eigenvalue weighted by molar-refractivity contribution is 9.10. The number of halogens is 1. The highest BCUT2D eigenvalue weighted by Crippen LogP contribution is 2.30. The van der Waals surface area contributed by atoms with Crippen LogP contribution in [-0.2, 0) is 0 Å². The molecule has 0 amide bonds. The first-order valence-corrected chi connectivity index (χ1v) is 5.92. The average molecular weight is 310 g/mol. The molecule has 18 heavy (non-hydrogen) atoms. The van der Waals surface area contributed by atoms with Crippen molar-refractivity contribution in [2.45, 2.75) is 0 Å². The van der Waals surface area contributed by atoms with Crippen LogP contribution in [0.25, 0.3) is 0 Å². The number of nitrogens with two attached hydrogens (primary N) is 1. The zero-order chi connectivity index (χ0) is 13.0. The molecule has 94 valence electrons. The Balaban J connectivity index is 2.31. The highest BCUT2D eigenvalue weighted by Gasteiger charge is 2.11. The SMILES string of the molecule is COc1c(NN)ncnc1Nc1ccc(Br)cc1. The molecule has 2 aromatic rings. The topological polar surface area (TPSA) is 85.1 Å². The lowest BCUT2D eigenvalue weighted by Gasteiger charge is -2.12. The molecule has 0 spiro atoms. The summed E-state index contributed by atoms with van der Waals surface area (Å²) in [7, 11) is 1.53. The lowest BCUT2D eigenvalue weighted by molar-refractivity contribution is 0.415. The number of nitrogens with zero attached hydrogens (tertiary/aromatic N) is 2. The van der Waals surface area contributed by atoms with Gasteiger partial charge < -0.3 is 15.5 Å². The van der Waals surface area contributed by atoms with Crippen LogP contribution in [0.2, 0.25) is 0 Å². The van der Waals surface area contributed by atoms with E-state index in [0.29, 0.717) is 17.4 Å². The highest BCUT2D eigenvalue weighted by atomic mass is 79.9. The van der Waals surface area contributed by atoms with Gasteiger partial charge in [-0.1, -0.05) is 15.9 Å². The first-order valence-electron chi connectivity index (χ1n) is 5.13. The lowest BCUT2D eigenvalue weighted by Crippen LogP contribution is -2.11. The smallest absolute Gasteiger partial charge is 0.205 e. The molecule has 0 saturated carbocycles. The molecule has 7 heteroatoms. The van der Waals surface area contributed by atoms with E-state index < -0.39 is 0 Å². The first-order chi connectivity index (χ1) is 8.74. The Morgan fingerprint density at radius 3 is 2.44 bits per heavy atom. The molecular formula is C11H12BrN5O. The van der Waals surface area contributed by atoms with Gasteiger partial charge in [0.2, 0.25) is 5.75 Å². The van der Waals surface area contributed by atoms with E-state index in [0.717, 1.165) is 10.2 Å². The summed E-state index contributed by atoms with van der Waals surface area (Å²) in [5, 5.41) is 3.13. The van der Waals surface area contributed by atoms with Crippen LogP contribution in [0.1, 0.15) is 0 Å². The largest absolute Gasteiger partial charge is 0.490 e. The van der Waals surface area contributed by atoms with Gasteiger partial charge in [-0.15, -0.1) is 0 Å². The molecule has 0 unspecified atom stereocenters. The monoisotopic (exact) mass is 309 g/mol. The number of hydrogen-bond donors (Lipinski definition) is 3. The Hall–Kier alpha value is -1.86. The van der Waals surface area contributed by atoms with Crippen molar-refractivity contribution in [3.8, 4) is 5.75 Å². The fourth-order valence-electron chi connectivity index (χ4n) is 1.43. The molecule has 0 atom stereocenters. The predicted octanol–water partition coefficient (Wildman–Crippen LogP) is 2.28. The van der Waals surface area contributed by atoms with E-state index in [1.807, 2.05) is 24.3 Å². The molecule has 1 heterocycles. The fraction of sp³-hybridized carbons (Fsp3) is 0.0909. The predicted molar refractivity (Wildman–Crippen MR) is 73.8 cm³/mol. The van der Waals surface area contributed by atoms with Gasteiger partial charge >= 0.3 is 0 Å². The van der Waals surface area contributed by atoms with Gasteiger partial charge in [0.1, 0.15) is 6.33 Å². The van der Waals surface area contributed by atoms with Gasteiger partial charge in [-0.2, -0.15) is 0 Å². The number of hydrazine groups is 1. The summed E-state index contributed by atoms with van der Waals surface area (Å²) in [5.41, 5.74) is 3.35. The van der Waals surface area contributed by atoms with Crippen LogP contribution < -0.4 is 21.3 Å². The summed E-state index contributed by atoms with van der Waals surface area (Å²) >= 11 is 3.38. The number of methoxy groups -OCH3 is 1. The van der Waals surface area contributed by atoms with Crippen LogP contribution in [0.3, 0.4) is 0 Å². The number of aromatic nitrogens is 2. The zero-order valence-corrected chi connectivity index (χ0v) is 11.2. The third kappa shape index (κ3) is 2.69. The second-order valence-corrected chi connectivity index (χ2v) is 4.30. The molecule has 0 saturated heterocycles. The lowest BCUT2D eigenvalue weighted by atomic mass is 10.3. The zero-order valence-electron chi connectivity index (χ0n) is 9.64. The minimum absolute atomic E-state index is 0.423. The maximum atomic E-state index is 5.35. The van der Waals surface area contributed by atoms with E-state index in [4.69, 9.17) is 10.6 Å². The first kappa shape index (κ1) is 12.6. The third-order valence-corrected chi connectivity index (χ3v) is 2.78. The second-order valence-electron chi connectivity index (χ2n) is 3.38. The molecule has 4 N–H and O–H groups in total. The van der Waals surface area contributed by atoms with Gasteiger partial charge in [-0.3, -0.25) is 0 Å². The van der Waals surface area contributed by atoms with Gasteiger partial charge in [0.15, 0.2) is 11.6 Å². The molecule has 6 nitrogen and oxygen atoms in total. The van der Waals surface area contributed by atoms with Crippen LogP contribution in [-0.4, -0.2) is 17.1 Å². The van der Waals surface area contributed by atoms with Crippen molar-refractivity contribution in [3.05, 3.63) is 35.1 Å². The molecule has 2 rings (SSSR count). The van der Waals surface area contributed by atoms with Crippen molar-refractivity contribution >= 4 is 33.3 Å². The van der Waals surface area contributed by atoms with Gasteiger partial charge in [-0.05, 0) is 24.3 Å². The van der Waals surface area contributed by atoms with Crippen LogP contribution >= 0.6 is 15.9 Å². The normalized spacial score (nSPS) is 9.94. The van der Waals surface area contributed by atoms with Crippen molar-refractivity contribution in [3.63, 3.8) is 0 Å². The minimum Gasteiger partial charge on any atom is -0.490 e. The summed E-state index contributed by atoms with van der Waals surface area (Å²) < 4.78 is 6.23. The van der Waals surface area contributed by atoms with E-state index in [9.17, 15) is 0 Å². The summed E-state index contributed by atoms with van der Waals surface area (Å²) in [6.45, 7) is 0. The molecule has 0 fully saturated rings. The average Bonchev–Trinajstić information content (AvgIpc) is 2.41. The minimum atomic E-state index is 0.423. The van der Waals surface area contributed by atoms with Crippen molar-refractivity contribution in [2.75, 3.05) is 17.9 Å². The Kier molecular flexibility index (Phi) is 3.96. The van der Waals surface area contributed by atoms with Crippen molar-refractivity contribution < 1.29 is 4.74 Å². The van der Waals surface area contributed by atoms with Crippen molar-refractivity contribution in [1.82, 2.24) is 9.97 Å². The number of anilines is 3. The molecule has 1 aromatic heterocycles. The summed E-state index contributed by atoms with van der Waals surface area (Å²) in [6, 6.07) is 7.69. The molecule has 0 aliphatic carbocycles. The molecule has 0 bridgehead atoms. The summed E-state index contributed by atoms with van der Waals surface area (Å²) in [5.74, 6) is 6.78. The quantitative estimate of drug-likeness (QED) is 0.593. The number of rotatable bonds is 4. The Bertz CT molecular complexity index is 531. The third-order valence-electron chi connectivity index (χ3n) is 2.25. The standard InChI is InChI=1S/C11H12BrN5O/c1-18-9-10(14-6-15-11(9)17-13)16-8-4-2-7(12)3-5-8/h2-6H,13H2,1H3,(H2,14,15,16,17). The molecule has 0 aliphatic rings. The van der Waals surface area contributed by atoms with E-state index in [-0.39, 0.29) is 0 Å². The number of nitrogen functional groups attached to an aromatic ring is 1. The maximum absolute atomic E-state index is 5.35. The number of ether oxygens (including phenoxy) is 1. The van der Waals surface area contributed by atoms with E-state index >= 15 is 0 Å². The number of hydrogen-bond acceptors (Lipinski definition) is 6. The molecule has 0 radical (unpaired) electrons. The Morgan fingerprint density at radius 2 is 1.83 bits per heavy atom. The van der Waals surface area contributed by atoms with Gasteiger partial charge in [0.25, 0.3) is 0 Å². The van der Waals surface area contributed by atoms with Crippen LogP contribution in [0.5, 0.6) is 5.75 Å². The van der Waals surface area contributed by atoms with Crippen LogP contribution in [0.15, 0.2) is 35.1 Å². The van der Waals surface area contributed by atoms with Crippen molar-refractivity contribution in [2.24, 2.45) is 5.84 Å². The van der Waals surface area contributed by atoms with Gasteiger partial charge in [0.05, 0.1) is 7.11 Å². The fourth-order valence-corrected chi connectivity index (χ4v) is 1.69. The van der Waals surface area contributed by atoms with E-state index in [1.54, 1.807) is 0 Å². The molecule has 1 aromatic carbocycles. The summed E-state index contributed by atoms with van der Waals surface area (Å²) in [4.78, 5) is 8.09. The van der Waals surface area contributed by atoms with Crippen LogP contribution in [0, 0.1) is 0 Å². The Labute approximate surface area is 113 Å². The number of nitrogens with one attached hydrogen (secondary N) is 2. The molecular weight excluding hydrogens is 298 g/mol.